The molecule has 0 radical (unpaired) electrons. The quantitative estimate of drug-likeness (QED) is 0.250. The standard InChI is InChI=1S/C31H48FNO/c1-7-9-11-12-13-24-14-16-25(17-15-24)28-19-18-26(21-29(28)32)27-22-30(3,4)33(31(5,6)23-27)34-20-10-8-2/h7,12-13,18-19,21,24-25,27H,1,8-11,14-17,20,22-23H2,2-6H3/b13-12+. The number of hydroxylamine groups is 2. The highest BCUT2D eigenvalue weighted by molar-refractivity contribution is 5.31. The summed E-state index contributed by atoms with van der Waals surface area (Å²) in [6.45, 7) is 15.8. The fraction of sp³-hybridized carbons (Fsp3) is 0.677. The van der Waals surface area contributed by atoms with Crippen LogP contribution in [0.25, 0.3) is 0 Å². The zero-order chi connectivity index (χ0) is 24.8. The van der Waals surface area contributed by atoms with Crippen molar-refractivity contribution in [2.75, 3.05) is 6.61 Å². The first kappa shape index (κ1) is 27.1. The molecule has 0 atom stereocenters. The summed E-state index contributed by atoms with van der Waals surface area (Å²) in [7, 11) is 0. The Balaban J connectivity index is 1.64. The SMILES string of the molecule is C=CCC/C=C/C1CCC(c2ccc(C3CC(C)(C)N(OCCCC)C(C)(C)C3)cc2F)CC1. The molecule has 0 bridgehead atoms. The minimum absolute atomic E-state index is 0.000266. The Kier molecular flexibility index (Phi) is 9.57. The molecule has 0 N–H and O–H groups in total. The van der Waals surface area contributed by atoms with Crippen molar-refractivity contribution in [3.63, 3.8) is 0 Å². The summed E-state index contributed by atoms with van der Waals surface area (Å²) in [6.07, 6.45) is 17.4. The minimum atomic E-state index is -0.0904. The lowest BCUT2D eigenvalue weighted by Gasteiger charge is -2.54. The highest BCUT2D eigenvalue weighted by Crippen LogP contribution is 2.46. The molecule has 1 saturated carbocycles. The van der Waals surface area contributed by atoms with Crippen LogP contribution in [0.3, 0.4) is 0 Å². The van der Waals surface area contributed by atoms with E-state index >= 15 is 4.39 Å². The molecule has 0 spiro atoms. The fourth-order valence-corrected chi connectivity index (χ4v) is 6.40. The largest absolute Gasteiger partial charge is 0.298 e. The van der Waals surface area contributed by atoms with Crippen LogP contribution in [0, 0.1) is 11.7 Å². The average molecular weight is 470 g/mol. The lowest BCUT2D eigenvalue weighted by Crippen LogP contribution is -2.59. The molecule has 3 rings (SSSR count). The van der Waals surface area contributed by atoms with E-state index < -0.39 is 0 Å². The molecule has 3 heteroatoms. The predicted molar refractivity (Wildman–Crippen MR) is 143 cm³/mol. The second-order valence-corrected chi connectivity index (χ2v) is 11.9. The van der Waals surface area contributed by atoms with E-state index in [1.54, 1.807) is 0 Å². The predicted octanol–water partition coefficient (Wildman–Crippen LogP) is 9.09. The van der Waals surface area contributed by atoms with Gasteiger partial charge < -0.3 is 0 Å². The third-order valence-corrected chi connectivity index (χ3v) is 7.96. The maximum Gasteiger partial charge on any atom is 0.126 e. The van der Waals surface area contributed by atoms with Crippen molar-refractivity contribution in [1.29, 1.82) is 0 Å². The van der Waals surface area contributed by atoms with Gasteiger partial charge in [-0.1, -0.05) is 43.7 Å². The summed E-state index contributed by atoms with van der Waals surface area (Å²) in [5.41, 5.74) is 1.89. The highest BCUT2D eigenvalue weighted by Gasteiger charge is 2.46. The van der Waals surface area contributed by atoms with Gasteiger partial charge in [-0.15, -0.1) is 6.58 Å². The van der Waals surface area contributed by atoms with Crippen LogP contribution in [0.4, 0.5) is 4.39 Å². The number of halogens is 1. The van der Waals surface area contributed by atoms with Crippen molar-refractivity contribution in [3.05, 3.63) is 60.0 Å². The Morgan fingerprint density at radius 1 is 1.03 bits per heavy atom. The summed E-state index contributed by atoms with van der Waals surface area (Å²) in [5.74, 6) is 1.35. The first-order valence-corrected chi connectivity index (χ1v) is 13.7. The van der Waals surface area contributed by atoms with Gasteiger partial charge >= 0.3 is 0 Å². The molecular weight excluding hydrogens is 421 g/mol. The Bertz CT molecular complexity index is 801. The van der Waals surface area contributed by atoms with Gasteiger partial charge in [-0.25, -0.2) is 4.39 Å². The van der Waals surface area contributed by atoms with E-state index in [-0.39, 0.29) is 16.9 Å². The van der Waals surface area contributed by atoms with Crippen molar-refractivity contribution in [3.8, 4) is 0 Å². The van der Waals surface area contributed by atoms with E-state index in [9.17, 15) is 0 Å². The molecular formula is C31H48FNO. The first-order valence-electron chi connectivity index (χ1n) is 13.7. The van der Waals surface area contributed by atoms with E-state index in [0.717, 1.165) is 81.9 Å². The molecule has 1 aromatic carbocycles. The molecule has 34 heavy (non-hydrogen) atoms. The zero-order valence-corrected chi connectivity index (χ0v) is 22.4. The van der Waals surface area contributed by atoms with E-state index in [4.69, 9.17) is 4.84 Å². The number of unbranched alkanes of at least 4 members (excludes halogenated alkanes) is 2. The molecule has 0 aromatic heterocycles. The van der Waals surface area contributed by atoms with Crippen LogP contribution in [0.1, 0.15) is 122 Å². The van der Waals surface area contributed by atoms with Crippen molar-refractivity contribution in [2.45, 2.75) is 122 Å². The monoisotopic (exact) mass is 469 g/mol. The van der Waals surface area contributed by atoms with Crippen LogP contribution in [0.5, 0.6) is 0 Å². The summed E-state index contributed by atoms with van der Waals surface area (Å²) in [6, 6.07) is 6.16. The Morgan fingerprint density at radius 3 is 2.29 bits per heavy atom. The van der Waals surface area contributed by atoms with Crippen LogP contribution in [0.15, 0.2) is 43.0 Å². The number of rotatable bonds is 10. The van der Waals surface area contributed by atoms with E-state index in [1.165, 1.54) is 0 Å². The Hall–Kier alpha value is -1.45. The number of piperidine rings is 1. The van der Waals surface area contributed by atoms with Crippen LogP contribution >= 0.6 is 0 Å². The molecule has 2 aliphatic rings. The van der Waals surface area contributed by atoms with Crippen molar-refractivity contribution >= 4 is 0 Å². The Labute approximate surface area is 208 Å². The summed E-state index contributed by atoms with van der Waals surface area (Å²) in [4.78, 5) is 6.26. The second kappa shape index (κ2) is 12.0. The van der Waals surface area contributed by atoms with Gasteiger partial charge in [-0.05, 0) is 120 Å². The number of nitrogens with zero attached hydrogens (tertiary/aromatic N) is 1. The normalized spacial score (nSPS) is 25.6. The molecule has 0 unspecified atom stereocenters. The van der Waals surface area contributed by atoms with Gasteiger partial charge in [0.1, 0.15) is 5.82 Å². The number of hydrogen-bond donors (Lipinski definition) is 0. The topological polar surface area (TPSA) is 12.5 Å². The van der Waals surface area contributed by atoms with Gasteiger partial charge in [-0.2, -0.15) is 5.06 Å². The number of hydrogen-bond acceptors (Lipinski definition) is 2. The van der Waals surface area contributed by atoms with Crippen molar-refractivity contribution in [2.24, 2.45) is 5.92 Å². The maximum atomic E-state index is 15.4. The summed E-state index contributed by atoms with van der Waals surface area (Å²) >= 11 is 0. The fourth-order valence-electron chi connectivity index (χ4n) is 6.40. The Morgan fingerprint density at radius 2 is 1.71 bits per heavy atom. The lowest BCUT2D eigenvalue weighted by atomic mass is 9.72. The molecule has 1 aliphatic carbocycles. The third kappa shape index (κ3) is 6.82. The lowest BCUT2D eigenvalue weighted by molar-refractivity contribution is -0.283. The molecule has 1 heterocycles. The smallest absolute Gasteiger partial charge is 0.126 e. The molecule has 0 amide bonds. The molecule has 190 valence electrons. The van der Waals surface area contributed by atoms with E-state index in [0.29, 0.717) is 17.8 Å². The van der Waals surface area contributed by atoms with Crippen LogP contribution in [-0.2, 0) is 4.84 Å². The zero-order valence-electron chi connectivity index (χ0n) is 22.4. The maximum absolute atomic E-state index is 15.4. The van der Waals surface area contributed by atoms with Crippen LogP contribution in [0.2, 0.25) is 0 Å². The van der Waals surface area contributed by atoms with E-state index in [1.807, 2.05) is 12.1 Å². The van der Waals surface area contributed by atoms with Gasteiger partial charge in [0.05, 0.1) is 6.61 Å². The molecule has 2 nitrogen and oxygen atoms in total. The van der Waals surface area contributed by atoms with E-state index in [2.05, 4.69) is 70.5 Å². The molecule has 2 fully saturated rings. The summed E-state index contributed by atoms with van der Waals surface area (Å²) in [5, 5.41) is 2.22. The highest BCUT2D eigenvalue weighted by atomic mass is 19.1. The second-order valence-electron chi connectivity index (χ2n) is 11.9. The number of allylic oxidation sites excluding steroid dienone is 3. The van der Waals surface area contributed by atoms with Crippen LogP contribution < -0.4 is 0 Å². The third-order valence-electron chi connectivity index (χ3n) is 7.96. The minimum Gasteiger partial charge on any atom is -0.298 e. The van der Waals surface area contributed by atoms with Gasteiger partial charge in [0.2, 0.25) is 0 Å². The molecule has 1 aliphatic heterocycles. The summed E-state index contributed by atoms with van der Waals surface area (Å²) < 4.78 is 15.4. The number of benzene rings is 1. The van der Waals surface area contributed by atoms with Crippen molar-refractivity contribution in [1.82, 2.24) is 5.06 Å². The first-order chi connectivity index (χ1) is 16.2. The van der Waals surface area contributed by atoms with Crippen LogP contribution in [-0.4, -0.2) is 22.7 Å². The molecule has 1 saturated heterocycles. The average Bonchev–Trinajstić information content (AvgIpc) is 2.78. The van der Waals surface area contributed by atoms with Gasteiger partial charge in [0, 0.05) is 11.1 Å². The van der Waals surface area contributed by atoms with Gasteiger partial charge in [0.25, 0.3) is 0 Å². The van der Waals surface area contributed by atoms with Gasteiger partial charge in [0.15, 0.2) is 0 Å². The van der Waals surface area contributed by atoms with Crippen molar-refractivity contribution < 1.29 is 9.23 Å². The van der Waals surface area contributed by atoms with Gasteiger partial charge in [-0.3, -0.25) is 4.84 Å². The molecule has 1 aromatic rings.